The van der Waals surface area contributed by atoms with Gasteiger partial charge >= 0.3 is 0 Å². The molecule has 0 bridgehead atoms. The van der Waals surface area contributed by atoms with Gasteiger partial charge < -0.3 is 10.6 Å². The van der Waals surface area contributed by atoms with Crippen LogP contribution in [-0.2, 0) is 6.42 Å². The van der Waals surface area contributed by atoms with Crippen LogP contribution in [-0.4, -0.2) is 19.5 Å². The molecule has 0 fully saturated rings. The Labute approximate surface area is 134 Å². The van der Waals surface area contributed by atoms with E-state index in [0.717, 1.165) is 33.3 Å². The molecule has 2 N–H and O–H groups in total. The third kappa shape index (κ3) is 4.30. The first-order valence-electron chi connectivity index (χ1n) is 6.90. The largest absolute Gasteiger partial charge is 0.345 e. The van der Waals surface area contributed by atoms with Crippen LogP contribution in [0.2, 0.25) is 4.34 Å². The number of nitrogens with one attached hydrogen (secondary N) is 2. The maximum Gasteiger partial charge on any atom is 0.252 e. The number of rotatable bonds is 6. The van der Waals surface area contributed by atoms with E-state index in [2.05, 4.69) is 10.6 Å². The van der Waals surface area contributed by atoms with Gasteiger partial charge in [0.05, 0.1) is 10.4 Å². The minimum absolute atomic E-state index is 0.0428. The molecule has 1 aromatic heterocycles. The number of hydrogen-bond acceptors (Lipinski definition) is 3. The van der Waals surface area contributed by atoms with E-state index in [1.807, 2.05) is 50.4 Å². The highest BCUT2D eigenvalue weighted by atomic mass is 35.5. The van der Waals surface area contributed by atoms with E-state index >= 15 is 0 Å². The highest BCUT2D eigenvalue weighted by molar-refractivity contribution is 7.16. The lowest BCUT2D eigenvalue weighted by atomic mass is 10.0. The fraction of sp³-hybridized carbons (Fsp3) is 0.312. The molecule has 0 aliphatic heterocycles. The summed E-state index contributed by atoms with van der Waals surface area (Å²) in [6, 6.07) is 11.5. The van der Waals surface area contributed by atoms with Crippen LogP contribution in [0, 0.1) is 0 Å². The smallest absolute Gasteiger partial charge is 0.252 e. The van der Waals surface area contributed by atoms with Crippen molar-refractivity contribution in [2.75, 3.05) is 13.6 Å². The quantitative estimate of drug-likeness (QED) is 0.852. The Balaban J connectivity index is 2.09. The fourth-order valence-electron chi connectivity index (χ4n) is 2.13. The first-order chi connectivity index (χ1) is 10.1. The molecule has 1 unspecified atom stereocenters. The Morgan fingerprint density at radius 3 is 2.71 bits per heavy atom. The summed E-state index contributed by atoms with van der Waals surface area (Å²) in [4.78, 5) is 13.5. The molecular formula is C16H19ClN2OS. The van der Waals surface area contributed by atoms with E-state index in [1.54, 1.807) is 0 Å². The summed E-state index contributed by atoms with van der Waals surface area (Å²) in [6.07, 6.45) is 0.833. The summed E-state index contributed by atoms with van der Waals surface area (Å²) < 4.78 is 0.737. The zero-order chi connectivity index (χ0) is 15.2. The summed E-state index contributed by atoms with van der Waals surface area (Å²) in [5, 5.41) is 6.14. The maximum absolute atomic E-state index is 12.5. The second kappa shape index (κ2) is 7.59. The van der Waals surface area contributed by atoms with Gasteiger partial charge in [0.2, 0.25) is 0 Å². The summed E-state index contributed by atoms with van der Waals surface area (Å²) in [6.45, 7) is 2.82. The summed E-state index contributed by atoms with van der Waals surface area (Å²) in [7, 11) is 1.91. The first kappa shape index (κ1) is 16.0. The number of thiophene rings is 1. The van der Waals surface area contributed by atoms with Gasteiger partial charge in [0.15, 0.2) is 0 Å². The number of likely N-dealkylation sites (N-methyl/N-ethyl adjacent to an activating group) is 1. The van der Waals surface area contributed by atoms with Crippen LogP contribution in [0.5, 0.6) is 0 Å². The van der Waals surface area contributed by atoms with Crippen LogP contribution >= 0.6 is 22.9 Å². The molecule has 5 heteroatoms. The lowest BCUT2D eigenvalue weighted by molar-refractivity contribution is 0.0939. The number of benzene rings is 1. The van der Waals surface area contributed by atoms with Crippen molar-refractivity contribution >= 4 is 28.8 Å². The second-order valence-corrected chi connectivity index (χ2v) is 6.59. The standard InChI is InChI=1S/C16H19ClN2OS/c1-11(14-7-8-15(17)21-14)19-16(20)13-6-4-3-5-12(13)9-10-18-2/h3-8,11,18H,9-10H2,1-2H3,(H,19,20). The number of hydrogen-bond donors (Lipinski definition) is 2. The first-order valence-corrected chi connectivity index (χ1v) is 8.10. The van der Waals surface area contributed by atoms with Gasteiger partial charge in [-0.05, 0) is 50.7 Å². The molecule has 0 aliphatic carbocycles. The average molecular weight is 323 g/mol. The van der Waals surface area contributed by atoms with Crippen molar-refractivity contribution in [3.05, 3.63) is 56.7 Å². The molecule has 0 spiro atoms. The lowest BCUT2D eigenvalue weighted by Crippen LogP contribution is -2.27. The molecule has 1 amide bonds. The molecule has 1 atom stereocenters. The van der Waals surface area contributed by atoms with Crippen molar-refractivity contribution in [1.29, 1.82) is 0 Å². The van der Waals surface area contributed by atoms with Crippen molar-refractivity contribution in [2.24, 2.45) is 0 Å². The van der Waals surface area contributed by atoms with Gasteiger partial charge in [0, 0.05) is 10.4 Å². The Hall–Kier alpha value is -1.36. The molecule has 0 aliphatic rings. The third-order valence-corrected chi connectivity index (χ3v) is 4.69. The second-order valence-electron chi connectivity index (χ2n) is 4.85. The molecule has 0 saturated carbocycles. The molecule has 0 saturated heterocycles. The zero-order valence-corrected chi connectivity index (χ0v) is 13.7. The maximum atomic E-state index is 12.5. The van der Waals surface area contributed by atoms with Gasteiger partial charge in [-0.3, -0.25) is 4.79 Å². The molecule has 112 valence electrons. The molecule has 2 rings (SSSR count). The molecule has 3 nitrogen and oxygen atoms in total. The third-order valence-electron chi connectivity index (χ3n) is 3.27. The van der Waals surface area contributed by atoms with E-state index in [9.17, 15) is 4.79 Å². The van der Waals surface area contributed by atoms with Crippen LogP contribution in [0.1, 0.15) is 33.8 Å². The van der Waals surface area contributed by atoms with Crippen LogP contribution in [0.3, 0.4) is 0 Å². The Morgan fingerprint density at radius 2 is 2.05 bits per heavy atom. The van der Waals surface area contributed by atoms with E-state index < -0.39 is 0 Å². The Kier molecular flexibility index (Phi) is 5.79. The number of carbonyl (C=O) groups is 1. The molecular weight excluding hydrogens is 304 g/mol. The van der Waals surface area contributed by atoms with Gasteiger partial charge in [0.25, 0.3) is 5.91 Å². The summed E-state index contributed by atoms with van der Waals surface area (Å²) >= 11 is 7.43. The monoisotopic (exact) mass is 322 g/mol. The van der Waals surface area contributed by atoms with Crippen LogP contribution < -0.4 is 10.6 Å². The van der Waals surface area contributed by atoms with Crippen molar-refractivity contribution in [1.82, 2.24) is 10.6 Å². The highest BCUT2D eigenvalue weighted by Crippen LogP contribution is 2.27. The van der Waals surface area contributed by atoms with Gasteiger partial charge in [-0.25, -0.2) is 0 Å². The topological polar surface area (TPSA) is 41.1 Å². The van der Waals surface area contributed by atoms with Crippen LogP contribution in [0.25, 0.3) is 0 Å². The van der Waals surface area contributed by atoms with E-state index in [0.29, 0.717) is 0 Å². The summed E-state index contributed by atoms with van der Waals surface area (Å²) in [5.74, 6) is -0.0428. The summed E-state index contributed by atoms with van der Waals surface area (Å²) in [5.41, 5.74) is 1.79. The molecule has 1 aromatic carbocycles. The minimum Gasteiger partial charge on any atom is -0.345 e. The van der Waals surface area contributed by atoms with Crippen molar-refractivity contribution in [3.8, 4) is 0 Å². The number of amides is 1. The Morgan fingerprint density at radius 1 is 1.29 bits per heavy atom. The van der Waals surface area contributed by atoms with E-state index in [1.165, 1.54) is 11.3 Å². The predicted octanol–water partition coefficient (Wildman–Crippen LogP) is 3.65. The molecule has 21 heavy (non-hydrogen) atoms. The highest BCUT2D eigenvalue weighted by Gasteiger charge is 2.15. The van der Waals surface area contributed by atoms with Gasteiger partial charge in [-0.2, -0.15) is 0 Å². The van der Waals surface area contributed by atoms with E-state index in [-0.39, 0.29) is 11.9 Å². The van der Waals surface area contributed by atoms with Crippen LogP contribution in [0.4, 0.5) is 0 Å². The van der Waals surface area contributed by atoms with Gasteiger partial charge in [-0.1, -0.05) is 29.8 Å². The average Bonchev–Trinajstić information content (AvgIpc) is 2.92. The zero-order valence-electron chi connectivity index (χ0n) is 12.2. The normalized spacial score (nSPS) is 12.1. The van der Waals surface area contributed by atoms with Gasteiger partial charge in [0.1, 0.15) is 0 Å². The molecule has 0 radical (unpaired) electrons. The predicted molar refractivity (Wildman–Crippen MR) is 89.3 cm³/mol. The minimum atomic E-state index is -0.0487. The Bertz CT molecular complexity index is 612. The van der Waals surface area contributed by atoms with Crippen molar-refractivity contribution < 1.29 is 4.79 Å². The number of halogens is 1. The SMILES string of the molecule is CNCCc1ccccc1C(=O)NC(C)c1ccc(Cl)s1. The lowest BCUT2D eigenvalue weighted by Gasteiger charge is -2.14. The molecule has 2 aromatic rings. The van der Waals surface area contributed by atoms with Crippen LogP contribution in [0.15, 0.2) is 36.4 Å². The fourth-order valence-corrected chi connectivity index (χ4v) is 3.19. The van der Waals surface area contributed by atoms with E-state index in [4.69, 9.17) is 11.6 Å². The van der Waals surface area contributed by atoms with Crippen molar-refractivity contribution in [2.45, 2.75) is 19.4 Å². The van der Waals surface area contributed by atoms with Gasteiger partial charge in [-0.15, -0.1) is 11.3 Å². The number of carbonyl (C=O) groups excluding carboxylic acids is 1. The van der Waals surface area contributed by atoms with Crippen molar-refractivity contribution in [3.63, 3.8) is 0 Å². The molecule has 1 heterocycles.